The van der Waals surface area contributed by atoms with E-state index in [1.54, 1.807) is 11.1 Å². The maximum absolute atomic E-state index is 14.9. The number of rotatable bonds is 7. The van der Waals surface area contributed by atoms with Gasteiger partial charge in [-0.3, -0.25) is 0 Å². The quantitative estimate of drug-likeness (QED) is 0.395. The summed E-state index contributed by atoms with van der Waals surface area (Å²) < 4.78 is 46.2. The van der Waals surface area contributed by atoms with Gasteiger partial charge in [0.15, 0.2) is 0 Å². The summed E-state index contributed by atoms with van der Waals surface area (Å²) in [5, 5.41) is 7.27. The van der Waals surface area contributed by atoms with Gasteiger partial charge in [0, 0.05) is 0 Å². The summed E-state index contributed by atoms with van der Waals surface area (Å²) in [7, 11) is -3.52. The Morgan fingerprint density at radius 1 is 1.25 bits per heavy atom. The molecular weight excluding hydrogens is 548 g/mol. The number of hydrogen-bond acceptors (Lipinski definition) is 7. The molecule has 194 valence electrons. The second-order valence-corrected chi connectivity index (χ2v) is 16.5. The molecule has 1 aliphatic heterocycles. The molecule has 9 nitrogen and oxygen atoms in total. The molecule has 0 N–H and O–H groups in total. The Kier molecular flexibility index (Phi) is 7.99. The van der Waals surface area contributed by atoms with Gasteiger partial charge in [0.2, 0.25) is 0 Å². The summed E-state index contributed by atoms with van der Waals surface area (Å²) in [6, 6.07) is 3.79. The first-order valence-electron chi connectivity index (χ1n) is 12.0. The Labute approximate surface area is 215 Å². The number of sulfone groups is 1. The summed E-state index contributed by atoms with van der Waals surface area (Å²) in [4.78, 5) is 22.9. The van der Waals surface area contributed by atoms with Crippen molar-refractivity contribution in [1.29, 1.82) is 0 Å². The molecular formula is C24H31AsFN5O4S. The van der Waals surface area contributed by atoms with E-state index in [1.165, 1.54) is 23.1 Å². The topological polar surface area (TPSA) is 107 Å². The molecule has 36 heavy (non-hydrogen) atoms. The number of carbonyl (C=O) groups excluding carboxylic acids is 1. The van der Waals surface area contributed by atoms with Gasteiger partial charge in [-0.15, -0.1) is 0 Å². The van der Waals surface area contributed by atoms with Gasteiger partial charge in [0.05, 0.1) is 0 Å². The molecule has 2 aromatic heterocycles. The van der Waals surface area contributed by atoms with Crippen LogP contribution in [0.2, 0.25) is 10.4 Å². The Morgan fingerprint density at radius 2 is 1.97 bits per heavy atom. The first kappa shape index (κ1) is 26.5. The summed E-state index contributed by atoms with van der Waals surface area (Å²) in [6.45, 7) is 7.28. The predicted molar refractivity (Wildman–Crippen MR) is 136 cm³/mol. The number of carbonyl (C=O) groups is 1. The van der Waals surface area contributed by atoms with Crippen molar-refractivity contribution >= 4 is 46.1 Å². The van der Waals surface area contributed by atoms with Crippen LogP contribution in [-0.4, -0.2) is 79.3 Å². The molecule has 3 heterocycles. The second kappa shape index (κ2) is 10.8. The molecule has 1 aliphatic rings. The van der Waals surface area contributed by atoms with E-state index in [0.29, 0.717) is 24.7 Å². The van der Waals surface area contributed by atoms with Crippen molar-refractivity contribution in [2.24, 2.45) is 5.92 Å². The molecule has 4 rings (SSSR count). The van der Waals surface area contributed by atoms with Crippen molar-refractivity contribution in [1.82, 2.24) is 24.6 Å². The van der Waals surface area contributed by atoms with Gasteiger partial charge >= 0.3 is 216 Å². The fraction of sp³-hybridized carbons (Fsp3) is 0.500. The molecule has 12 heteroatoms. The van der Waals surface area contributed by atoms with E-state index in [1.807, 2.05) is 13.8 Å². The zero-order valence-electron chi connectivity index (χ0n) is 20.9. The van der Waals surface area contributed by atoms with E-state index in [9.17, 15) is 17.6 Å². The van der Waals surface area contributed by atoms with Crippen LogP contribution in [0.4, 0.5) is 9.18 Å². The maximum atomic E-state index is 14.9. The fourth-order valence-corrected chi connectivity index (χ4v) is 10.1. The third-order valence-electron chi connectivity index (χ3n) is 6.29. The van der Waals surface area contributed by atoms with Crippen LogP contribution in [-0.2, 0) is 14.6 Å². The molecule has 1 unspecified atom stereocenters. The van der Waals surface area contributed by atoms with Crippen LogP contribution in [0.15, 0.2) is 35.6 Å². The van der Waals surface area contributed by atoms with Crippen LogP contribution in [0.25, 0.3) is 16.7 Å². The Balaban J connectivity index is 1.54. The number of fused-ring (bicyclic) bond motifs is 1. The average molecular weight is 580 g/mol. The van der Waals surface area contributed by atoms with Crippen LogP contribution in [0.1, 0.15) is 33.6 Å². The van der Waals surface area contributed by atoms with Crippen molar-refractivity contribution in [3.8, 4) is 5.69 Å². The Morgan fingerprint density at radius 3 is 2.58 bits per heavy atom. The van der Waals surface area contributed by atoms with Crippen molar-refractivity contribution in [2.45, 2.75) is 55.0 Å². The SMILES string of the molecule is CC[As](CC1CCN(C(=O)OC(C)C)CC1)c1ncnc2c1cnn2-c1ccc(S(C)(=O)=O)cc1F. The summed E-state index contributed by atoms with van der Waals surface area (Å²) in [5.41, 5.74) is 0.642. The number of ether oxygens (including phenoxy) is 1. The monoisotopic (exact) mass is 579 g/mol. The number of piperidine rings is 1. The average Bonchev–Trinajstić information content (AvgIpc) is 3.26. The number of nitrogens with zero attached hydrogens (tertiary/aromatic N) is 5. The molecule has 0 spiro atoms. The molecule has 0 radical (unpaired) electrons. The van der Waals surface area contributed by atoms with Crippen LogP contribution in [0.3, 0.4) is 0 Å². The molecule has 1 atom stereocenters. The molecule has 0 aliphatic carbocycles. The van der Waals surface area contributed by atoms with Gasteiger partial charge in [-0.2, -0.15) is 0 Å². The fourth-order valence-electron chi connectivity index (χ4n) is 4.40. The van der Waals surface area contributed by atoms with E-state index in [4.69, 9.17) is 4.74 Å². The number of hydrogen-bond donors (Lipinski definition) is 0. The molecule has 1 saturated heterocycles. The normalized spacial score (nSPS) is 16.0. The summed E-state index contributed by atoms with van der Waals surface area (Å²) >= 11 is -1.58. The van der Waals surface area contributed by atoms with E-state index in [2.05, 4.69) is 22.0 Å². The Hall–Kier alpha value is -2.52. The van der Waals surface area contributed by atoms with E-state index < -0.39 is 30.3 Å². The molecule has 1 amide bonds. The van der Waals surface area contributed by atoms with Gasteiger partial charge in [0.1, 0.15) is 0 Å². The predicted octanol–water partition coefficient (Wildman–Crippen LogP) is 3.34. The van der Waals surface area contributed by atoms with E-state index in [0.717, 1.165) is 45.4 Å². The molecule has 3 aromatic rings. The van der Waals surface area contributed by atoms with Crippen LogP contribution >= 0.6 is 0 Å². The molecule has 1 fully saturated rings. The van der Waals surface area contributed by atoms with Crippen molar-refractivity contribution in [3.63, 3.8) is 0 Å². The molecule has 1 aromatic carbocycles. The van der Waals surface area contributed by atoms with Crippen molar-refractivity contribution in [2.75, 3.05) is 19.3 Å². The molecule has 0 bridgehead atoms. The number of likely N-dealkylation sites (tertiary alicyclic amines) is 1. The van der Waals surface area contributed by atoms with E-state index in [-0.39, 0.29) is 22.8 Å². The zero-order valence-corrected chi connectivity index (χ0v) is 23.6. The van der Waals surface area contributed by atoms with Crippen LogP contribution in [0.5, 0.6) is 0 Å². The third-order valence-corrected chi connectivity index (χ3v) is 13.0. The van der Waals surface area contributed by atoms with Gasteiger partial charge in [0.25, 0.3) is 0 Å². The zero-order chi connectivity index (χ0) is 26.0. The number of benzene rings is 1. The number of amides is 1. The van der Waals surface area contributed by atoms with Crippen molar-refractivity contribution in [3.05, 3.63) is 36.5 Å². The first-order chi connectivity index (χ1) is 17.1. The van der Waals surface area contributed by atoms with Gasteiger partial charge in [-0.25, -0.2) is 0 Å². The van der Waals surface area contributed by atoms with Crippen LogP contribution in [0, 0.1) is 11.7 Å². The van der Waals surface area contributed by atoms with E-state index >= 15 is 0 Å². The summed E-state index contributed by atoms with van der Waals surface area (Å²) in [5.74, 6) is -0.176. The minimum atomic E-state index is -3.52. The third kappa shape index (κ3) is 5.72. The standard InChI is InChI=1S/C24H31AsFN5O4S/c1-5-25(13-17-8-10-30(11-9-17)24(32)35-16(2)3)22-19-14-29-31(23(19)28-15-27-22)21-7-6-18(12-20(21)26)36(4,33)34/h6-7,12,14-17H,5,8-11,13H2,1-4H3. The number of halogens is 1. The Bertz CT molecular complexity index is 1360. The van der Waals surface area contributed by atoms with Crippen LogP contribution < -0.4 is 4.48 Å². The summed E-state index contributed by atoms with van der Waals surface area (Å²) in [6.07, 6.45) is 5.72. The van der Waals surface area contributed by atoms with Gasteiger partial charge < -0.3 is 0 Å². The second-order valence-electron chi connectivity index (χ2n) is 9.28. The van der Waals surface area contributed by atoms with Crippen molar-refractivity contribution < 1.29 is 22.3 Å². The number of aromatic nitrogens is 4. The van der Waals surface area contributed by atoms with Gasteiger partial charge in [-0.05, 0) is 0 Å². The first-order valence-corrected chi connectivity index (χ1v) is 17.5. The van der Waals surface area contributed by atoms with Gasteiger partial charge in [-0.1, -0.05) is 0 Å². The molecule has 0 saturated carbocycles. The minimum absolute atomic E-state index is 0.0853.